The molecule has 14 heavy (non-hydrogen) atoms. The van der Waals surface area contributed by atoms with Gasteiger partial charge in [0, 0.05) is 13.7 Å². The Hall–Kier alpha value is -0.850. The Labute approximate surface area is 83.8 Å². The van der Waals surface area contributed by atoms with Crippen molar-refractivity contribution in [2.24, 2.45) is 10.8 Å². The Morgan fingerprint density at radius 2 is 2.57 bits per heavy atom. The number of nitrogens with two attached hydrogens (primary N) is 1. The van der Waals surface area contributed by atoms with E-state index >= 15 is 0 Å². The third kappa shape index (κ3) is 3.91. The maximum atomic E-state index is 5.31. The summed E-state index contributed by atoms with van der Waals surface area (Å²) in [5.41, 5.74) is 2.52. The summed E-state index contributed by atoms with van der Waals surface area (Å²) >= 11 is 0. The molecule has 0 spiro atoms. The number of hydrogen-bond acceptors (Lipinski definition) is 4. The van der Waals surface area contributed by atoms with Crippen LogP contribution in [0.25, 0.3) is 0 Å². The van der Waals surface area contributed by atoms with E-state index in [0.717, 1.165) is 13.0 Å². The first-order chi connectivity index (χ1) is 6.86. The van der Waals surface area contributed by atoms with Gasteiger partial charge in [0.2, 0.25) is 5.96 Å². The molecular weight excluding hydrogens is 184 g/mol. The molecule has 1 aliphatic heterocycles. The number of hydrazine groups is 1. The Bertz CT molecular complexity index is 180. The topological polar surface area (TPSA) is 80.9 Å². The van der Waals surface area contributed by atoms with E-state index in [1.807, 2.05) is 0 Å². The van der Waals surface area contributed by atoms with Crippen molar-refractivity contribution in [1.82, 2.24) is 10.7 Å². The van der Waals surface area contributed by atoms with Crippen LogP contribution in [0.2, 0.25) is 0 Å². The van der Waals surface area contributed by atoms with Crippen LogP contribution in [-0.4, -0.2) is 45.5 Å². The van der Waals surface area contributed by atoms with Gasteiger partial charge in [-0.25, -0.2) is 10.8 Å². The number of ether oxygens (including phenoxy) is 2. The van der Waals surface area contributed by atoms with Crippen LogP contribution in [0.3, 0.4) is 0 Å². The third-order valence-electron chi connectivity index (χ3n) is 1.97. The van der Waals surface area contributed by atoms with Crippen molar-refractivity contribution >= 4 is 5.96 Å². The third-order valence-corrected chi connectivity index (χ3v) is 1.97. The molecule has 1 unspecified atom stereocenters. The average molecular weight is 202 g/mol. The van der Waals surface area contributed by atoms with Crippen molar-refractivity contribution < 1.29 is 9.47 Å². The second kappa shape index (κ2) is 6.58. The van der Waals surface area contributed by atoms with Crippen LogP contribution in [0.5, 0.6) is 0 Å². The Kier molecular flexibility index (Phi) is 5.28. The normalized spacial score (nSPS) is 22.4. The Morgan fingerprint density at radius 1 is 1.71 bits per heavy atom. The summed E-state index contributed by atoms with van der Waals surface area (Å²) < 4.78 is 10.1. The molecule has 6 nitrogen and oxygen atoms in total. The predicted molar refractivity (Wildman–Crippen MR) is 53.9 cm³/mol. The molecule has 6 heteroatoms. The lowest BCUT2D eigenvalue weighted by Crippen LogP contribution is -2.46. The van der Waals surface area contributed by atoms with E-state index in [9.17, 15) is 0 Å². The molecule has 0 aromatic carbocycles. The number of methoxy groups -OCH3 is 1. The van der Waals surface area contributed by atoms with Gasteiger partial charge in [0.05, 0.1) is 25.8 Å². The van der Waals surface area contributed by atoms with Gasteiger partial charge in [-0.2, -0.15) is 0 Å². The number of hydrogen-bond donors (Lipinski definition) is 3. The smallest absolute Gasteiger partial charge is 0.206 e. The average Bonchev–Trinajstić information content (AvgIpc) is 2.69. The molecule has 0 amide bonds. The van der Waals surface area contributed by atoms with Crippen LogP contribution in [-0.2, 0) is 9.47 Å². The Balaban J connectivity index is 2.25. The lowest BCUT2D eigenvalue weighted by Gasteiger charge is -2.13. The SMILES string of the molecule is COCCN=C(NN)NC1CCOC1. The first kappa shape index (κ1) is 11.2. The van der Waals surface area contributed by atoms with Crippen LogP contribution >= 0.6 is 0 Å². The van der Waals surface area contributed by atoms with Crippen LogP contribution in [0.4, 0.5) is 0 Å². The van der Waals surface area contributed by atoms with Crippen molar-refractivity contribution in [3.63, 3.8) is 0 Å². The minimum Gasteiger partial charge on any atom is -0.383 e. The molecule has 1 fully saturated rings. The number of nitrogens with zero attached hydrogens (tertiary/aromatic N) is 1. The van der Waals surface area contributed by atoms with E-state index in [1.165, 1.54) is 0 Å². The van der Waals surface area contributed by atoms with Gasteiger partial charge in [0.25, 0.3) is 0 Å². The standard InChI is InChI=1S/C8H18N4O2/c1-13-5-3-10-8(12-9)11-7-2-4-14-6-7/h7H,2-6,9H2,1H3,(H2,10,11,12). The van der Waals surface area contributed by atoms with Gasteiger partial charge in [-0.15, -0.1) is 0 Å². The van der Waals surface area contributed by atoms with E-state index in [0.29, 0.717) is 31.8 Å². The van der Waals surface area contributed by atoms with Crippen molar-refractivity contribution in [2.75, 3.05) is 33.5 Å². The molecule has 0 aromatic heterocycles. The molecule has 0 bridgehead atoms. The highest BCUT2D eigenvalue weighted by Gasteiger charge is 2.15. The molecule has 0 saturated carbocycles. The second-order valence-corrected chi connectivity index (χ2v) is 3.07. The van der Waals surface area contributed by atoms with Gasteiger partial charge in [0.1, 0.15) is 0 Å². The molecular formula is C8H18N4O2. The van der Waals surface area contributed by atoms with Gasteiger partial charge >= 0.3 is 0 Å². The summed E-state index contributed by atoms with van der Waals surface area (Å²) in [6.07, 6.45) is 0.991. The highest BCUT2D eigenvalue weighted by atomic mass is 16.5. The molecule has 0 aromatic rings. The highest BCUT2D eigenvalue weighted by Crippen LogP contribution is 2.02. The van der Waals surface area contributed by atoms with E-state index in [4.69, 9.17) is 15.3 Å². The van der Waals surface area contributed by atoms with E-state index in [2.05, 4.69) is 15.7 Å². The first-order valence-corrected chi connectivity index (χ1v) is 4.71. The molecule has 1 rings (SSSR count). The number of rotatable bonds is 4. The minimum absolute atomic E-state index is 0.312. The maximum Gasteiger partial charge on any atom is 0.206 e. The van der Waals surface area contributed by atoms with Gasteiger partial charge in [-0.3, -0.25) is 5.43 Å². The molecule has 4 N–H and O–H groups in total. The summed E-state index contributed by atoms with van der Waals surface area (Å²) in [6, 6.07) is 0.312. The molecule has 1 atom stereocenters. The van der Waals surface area contributed by atoms with Gasteiger partial charge in [0.15, 0.2) is 0 Å². The fraction of sp³-hybridized carbons (Fsp3) is 0.875. The van der Waals surface area contributed by atoms with Crippen LogP contribution in [0.15, 0.2) is 4.99 Å². The summed E-state index contributed by atoms with van der Waals surface area (Å²) in [6.45, 7) is 2.70. The largest absolute Gasteiger partial charge is 0.383 e. The monoisotopic (exact) mass is 202 g/mol. The van der Waals surface area contributed by atoms with Gasteiger partial charge < -0.3 is 14.8 Å². The lowest BCUT2D eigenvalue weighted by molar-refractivity contribution is 0.192. The zero-order valence-corrected chi connectivity index (χ0v) is 8.45. The molecule has 82 valence electrons. The number of aliphatic imine (C=N–C) groups is 1. The first-order valence-electron chi connectivity index (χ1n) is 4.71. The van der Waals surface area contributed by atoms with Crippen LogP contribution in [0.1, 0.15) is 6.42 Å². The van der Waals surface area contributed by atoms with Crippen molar-refractivity contribution in [3.8, 4) is 0 Å². The van der Waals surface area contributed by atoms with Crippen molar-refractivity contribution in [2.45, 2.75) is 12.5 Å². The van der Waals surface area contributed by atoms with Gasteiger partial charge in [-0.1, -0.05) is 0 Å². The van der Waals surface area contributed by atoms with E-state index < -0.39 is 0 Å². The minimum atomic E-state index is 0.312. The highest BCUT2D eigenvalue weighted by molar-refractivity contribution is 5.79. The Morgan fingerprint density at radius 3 is 3.14 bits per heavy atom. The molecule has 0 aliphatic carbocycles. The number of guanidine groups is 1. The maximum absolute atomic E-state index is 5.31. The predicted octanol–water partition coefficient (Wildman–Crippen LogP) is -1.17. The lowest BCUT2D eigenvalue weighted by atomic mass is 10.3. The zero-order valence-electron chi connectivity index (χ0n) is 8.45. The molecule has 1 aliphatic rings. The quantitative estimate of drug-likeness (QED) is 0.176. The van der Waals surface area contributed by atoms with Crippen molar-refractivity contribution in [3.05, 3.63) is 0 Å². The van der Waals surface area contributed by atoms with Gasteiger partial charge in [-0.05, 0) is 6.42 Å². The van der Waals surface area contributed by atoms with Crippen molar-refractivity contribution in [1.29, 1.82) is 0 Å². The van der Waals surface area contributed by atoms with Crippen LogP contribution < -0.4 is 16.6 Å². The summed E-state index contributed by atoms with van der Waals surface area (Å²) in [5.74, 6) is 5.90. The number of nitrogens with one attached hydrogen (secondary N) is 2. The summed E-state index contributed by atoms with van der Waals surface area (Å²) in [4.78, 5) is 4.18. The zero-order chi connectivity index (χ0) is 10.2. The summed E-state index contributed by atoms with van der Waals surface area (Å²) in [5, 5.41) is 3.16. The fourth-order valence-corrected chi connectivity index (χ4v) is 1.22. The molecule has 1 heterocycles. The van der Waals surface area contributed by atoms with E-state index in [1.54, 1.807) is 7.11 Å². The molecule has 0 radical (unpaired) electrons. The summed E-state index contributed by atoms with van der Waals surface area (Å²) in [7, 11) is 1.64. The van der Waals surface area contributed by atoms with Crippen LogP contribution in [0, 0.1) is 0 Å². The van der Waals surface area contributed by atoms with E-state index in [-0.39, 0.29) is 0 Å². The fourth-order valence-electron chi connectivity index (χ4n) is 1.22. The molecule has 1 saturated heterocycles. The second-order valence-electron chi connectivity index (χ2n) is 3.07.